The molecular formula is C16H20BNO3. The summed E-state index contributed by atoms with van der Waals surface area (Å²) < 4.78 is 7.12. The highest BCUT2D eigenvalue weighted by atomic mass is 16.6. The molecule has 2 rings (SSSR count). The number of benzene rings is 1. The molecule has 0 radical (unpaired) electrons. The smallest absolute Gasteiger partial charge is 0.326 e. The number of hydrogen-bond donors (Lipinski definition) is 0. The normalized spacial score (nSPS) is 11.6. The standard InChI is InChI=1S/C16H20BNO3/c1-10(19)13-8-18(9-15(20)21-16(2,3)4)14-6-5-11(17)7-12(13)14/h5-8H,9,17H2,1-4H3. The predicted molar refractivity (Wildman–Crippen MR) is 86.0 cm³/mol. The third kappa shape index (κ3) is 3.54. The molecule has 5 heteroatoms. The second-order valence-electron chi connectivity index (χ2n) is 6.33. The number of nitrogens with zero attached hydrogens (tertiary/aromatic N) is 1. The van der Waals surface area contributed by atoms with E-state index in [1.165, 1.54) is 6.92 Å². The van der Waals surface area contributed by atoms with Crippen LogP contribution in [0.4, 0.5) is 0 Å². The van der Waals surface area contributed by atoms with Gasteiger partial charge in [-0.2, -0.15) is 0 Å². The summed E-state index contributed by atoms with van der Waals surface area (Å²) in [4.78, 5) is 23.8. The number of ether oxygens (including phenoxy) is 1. The second kappa shape index (κ2) is 5.39. The third-order valence-corrected chi connectivity index (χ3v) is 3.14. The van der Waals surface area contributed by atoms with Crippen LogP contribution < -0.4 is 5.46 Å². The van der Waals surface area contributed by atoms with Crippen LogP contribution >= 0.6 is 0 Å². The van der Waals surface area contributed by atoms with Gasteiger partial charge in [0.1, 0.15) is 20.0 Å². The van der Waals surface area contributed by atoms with E-state index in [4.69, 9.17) is 4.74 Å². The minimum atomic E-state index is -0.514. The Morgan fingerprint density at radius 1 is 1.29 bits per heavy atom. The molecule has 1 heterocycles. The van der Waals surface area contributed by atoms with E-state index in [1.54, 1.807) is 10.8 Å². The number of fused-ring (bicyclic) bond motifs is 1. The van der Waals surface area contributed by atoms with Crippen LogP contribution in [0.5, 0.6) is 0 Å². The van der Waals surface area contributed by atoms with Crippen molar-refractivity contribution in [3.8, 4) is 0 Å². The number of esters is 1. The van der Waals surface area contributed by atoms with Gasteiger partial charge in [-0.3, -0.25) is 9.59 Å². The molecule has 0 atom stereocenters. The van der Waals surface area contributed by atoms with Gasteiger partial charge >= 0.3 is 5.97 Å². The fraction of sp³-hybridized carbons (Fsp3) is 0.375. The summed E-state index contributed by atoms with van der Waals surface area (Å²) in [5, 5.41) is 0.881. The first-order chi connectivity index (χ1) is 9.67. The lowest BCUT2D eigenvalue weighted by Gasteiger charge is -2.19. The summed E-state index contributed by atoms with van der Waals surface area (Å²) in [6, 6.07) is 5.87. The van der Waals surface area contributed by atoms with Crippen molar-refractivity contribution in [2.75, 3.05) is 0 Å². The Bertz CT molecular complexity index is 710. The molecule has 1 aromatic heterocycles. The Kier molecular flexibility index (Phi) is 3.94. The van der Waals surface area contributed by atoms with E-state index in [0.29, 0.717) is 5.56 Å². The summed E-state index contributed by atoms with van der Waals surface area (Å²) in [7, 11) is 1.98. The predicted octanol–water partition coefficient (Wildman–Crippen LogP) is 1.44. The van der Waals surface area contributed by atoms with E-state index < -0.39 is 5.60 Å². The number of hydrogen-bond acceptors (Lipinski definition) is 3. The Hall–Kier alpha value is -2.04. The first-order valence-corrected chi connectivity index (χ1v) is 6.99. The van der Waals surface area contributed by atoms with Crippen LogP contribution in [0, 0.1) is 0 Å². The zero-order valence-electron chi connectivity index (χ0n) is 13.2. The number of aromatic nitrogens is 1. The quantitative estimate of drug-likeness (QED) is 0.487. The minimum Gasteiger partial charge on any atom is -0.459 e. The van der Waals surface area contributed by atoms with E-state index in [-0.39, 0.29) is 18.3 Å². The van der Waals surface area contributed by atoms with Crippen LogP contribution in [0.25, 0.3) is 10.9 Å². The molecule has 1 aromatic carbocycles. The number of ketones is 1. The van der Waals surface area contributed by atoms with Crippen molar-refractivity contribution in [1.82, 2.24) is 4.57 Å². The summed E-state index contributed by atoms with van der Waals surface area (Å²) in [6.45, 7) is 7.15. The Labute approximate surface area is 125 Å². The fourth-order valence-corrected chi connectivity index (χ4v) is 2.34. The van der Waals surface area contributed by atoms with E-state index in [0.717, 1.165) is 16.4 Å². The topological polar surface area (TPSA) is 48.3 Å². The highest BCUT2D eigenvalue weighted by Crippen LogP contribution is 2.21. The average Bonchev–Trinajstić information content (AvgIpc) is 2.64. The molecule has 0 aliphatic heterocycles. The summed E-state index contributed by atoms with van der Waals surface area (Å²) in [5.74, 6) is -0.316. The molecular weight excluding hydrogens is 265 g/mol. The van der Waals surface area contributed by atoms with Gasteiger partial charge in [0.05, 0.1) is 0 Å². The van der Waals surface area contributed by atoms with Crippen LogP contribution in [0.3, 0.4) is 0 Å². The third-order valence-electron chi connectivity index (χ3n) is 3.14. The molecule has 0 N–H and O–H groups in total. The van der Waals surface area contributed by atoms with Crippen molar-refractivity contribution in [1.29, 1.82) is 0 Å². The molecule has 0 aliphatic rings. The van der Waals surface area contributed by atoms with Gasteiger partial charge in [0.15, 0.2) is 5.78 Å². The van der Waals surface area contributed by atoms with Gasteiger partial charge in [-0.1, -0.05) is 17.6 Å². The summed E-state index contributed by atoms with van der Waals surface area (Å²) in [6.07, 6.45) is 1.73. The highest BCUT2D eigenvalue weighted by Gasteiger charge is 2.19. The molecule has 110 valence electrons. The highest BCUT2D eigenvalue weighted by molar-refractivity contribution is 6.33. The molecule has 0 fully saturated rings. The Morgan fingerprint density at radius 3 is 2.52 bits per heavy atom. The second-order valence-corrected chi connectivity index (χ2v) is 6.33. The van der Waals surface area contributed by atoms with Crippen molar-refractivity contribution >= 4 is 36.0 Å². The molecule has 0 saturated carbocycles. The van der Waals surface area contributed by atoms with E-state index in [2.05, 4.69) is 0 Å². The van der Waals surface area contributed by atoms with Crippen molar-refractivity contribution in [3.63, 3.8) is 0 Å². The maximum absolute atomic E-state index is 12.0. The molecule has 0 bridgehead atoms. The van der Waals surface area contributed by atoms with Gasteiger partial charge in [-0.15, -0.1) is 0 Å². The monoisotopic (exact) mass is 285 g/mol. The van der Waals surface area contributed by atoms with Gasteiger partial charge in [0, 0.05) is 22.7 Å². The molecule has 0 aliphatic carbocycles. The SMILES string of the molecule is Bc1ccc2c(c1)c(C(C)=O)cn2CC(=O)OC(C)(C)C. The lowest BCUT2D eigenvalue weighted by atomic mass is 9.94. The van der Waals surface area contributed by atoms with Crippen LogP contribution in [0.15, 0.2) is 24.4 Å². The van der Waals surface area contributed by atoms with Gasteiger partial charge in [0.2, 0.25) is 0 Å². The molecule has 0 saturated heterocycles. The van der Waals surface area contributed by atoms with Crippen molar-refractivity contribution in [3.05, 3.63) is 30.0 Å². The van der Waals surface area contributed by atoms with Crippen LogP contribution in [0.1, 0.15) is 38.1 Å². The van der Waals surface area contributed by atoms with Crippen LogP contribution in [-0.2, 0) is 16.1 Å². The number of carbonyl (C=O) groups excluding carboxylic acids is 2. The Balaban J connectivity index is 2.41. The van der Waals surface area contributed by atoms with Crippen molar-refractivity contribution < 1.29 is 14.3 Å². The van der Waals surface area contributed by atoms with Gasteiger partial charge in [0.25, 0.3) is 0 Å². The zero-order chi connectivity index (χ0) is 15.8. The average molecular weight is 285 g/mol. The van der Waals surface area contributed by atoms with Gasteiger partial charge < -0.3 is 9.30 Å². The summed E-state index contributed by atoms with van der Waals surface area (Å²) in [5.41, 5.74) is 2.08. The number of Topliss-reactive ketones (excluding diaryl/α,β-unsaturated/α-hetero) is 1. The zero-order valence-corrected chi connectivity index (χ0v) is 13.2. The lowest BCUT2D eigenvalue weighted by molar-refractivity contribution is -0.155. The first kappa shape index (κ1) is 15.4. The first-order valence-electron chi connectivity index (χ1n) is 6.99. The molecule has 4 nitrogen and oxygen atoms in total. The minimum absolute atomic E-state index is 0.00598. The molecule has 0 spiro atoms. The van der Waals surface area contributed by atoms with E-state index in [1.807, 2.05) is 46.8 Å². The van der Waals surface area contributed by atoms with E-state index in [9.17, 15) is 9.59 Å². The molecule has 0 unspecified atom stereocenters. The van der Waals surface area contributed by atoms with Crippen molar-refractivity contribution in [2.24, 2.45) is 0 Å². The Morgan fingerprint density at radius 2 is 1.95 bits per heavy atom. The number of carbonyl (C=O) groups is 2. The maximum Gasteiger partial charge on any atom is 0.326 e. The van der Waals surface area contributed by atoms with Crippen molar-refractivity contribution in [2.45, 2.75) is 39.8 Å². The number of rotatable bonds is 3. The van der Waals surface area contributed by atoms with E-state index >= 15 is 0 Å². The largest absolute Gasteiger partial charge is 0.459 e. The van der Waals surface area contributed by atoms with Gasteiger partial charge in [-0.25, -0.2) is 0 Å². The molecule has 0 amide bonds. The van der Waals surface area contributed by atoms with Crippen LogP contribution in [-0.4, -0.2) is 29.8 Å². The summed E-state index contributed by atoms with van der Waals surface area (Å²) >= 11 is 0. The van der Waals surface area contributed by atoms with Gasteiger partial charge in [-0.05, 0) is 33.8 Å². The molecule has 2 aromatic rings. The lowest BCUT2D eigenvalue weighted by Crippen LogP contribution is -2.26. The maximum atomic E-state index is 12.0. The molecule has 21 heavy (non-hydrogen) atoms. The fourth-order valence-electron chi connectivity index (χ4n) is 2.34. The van der Waals surface area contributed by atoms with Crippen LogP contribution in [0.2, 0.25) is 0 Å².